The number of thiophene rings is 2. The predicted molar refractivity (Wildman–Crippen MR) is 271 cm³/mol. The van der Waals surface area contributed by atoms with Crippen LogP contribution in [-0.2, 0) is 10.8 Å². The van der Waals surface area contributed by atoms with Gasteiger partial charge in [0.2, 0.25) is 0 Å². The quantitative estimate of drug-likeness (QED) is 0.180. The molecule has 1 radical (unpaired) electrons. The van der Waals surface area contributed by atoms with Crippen LogP contribution in [0.25, 0.3) is 101 Å². The Morgan fingerprint density at radius 2 is 1.18 bits per heavy atom. The molecule has 0 atom stereocenters. The van der Waals surface area contributed by atoms with Gasteiger partial charge < -0.3 is 14.3 Å². The Morgan fingerprint density at radius 3 is 1.89 bits per heavy atom. The lowest BCUT2D eigenvalue weighted by Gasteiger charge is -2.25. The van der Waals surface area contributed by atoms with Gasteiger partial charge in [0.1, 0.15) is 11.2 Å². The van der Waals surface area contributed by atoms with Crippen molar-refractivity contribution < 1.29 is 4.42 Å². The lowest BCUT2D eigenvalue weighted by Crippen LogP contribution is -2.37. The highest BCUT2D eigenvalue weighted by molar-refractivity contribution is 7.26. The average molecular weight is 834 g/mol. The summed E-state index contributed by atoms with van der Waals surface area (Å²) in [7, 11) is 2.49. The normalized spacial score (nSPS) is 13.1. The zero-order valence-corrected chi connectivity index (χ0v) is 37.2. The van der Waals surface area contributed by atoms with Crippen molar-refractivity contribution in [3.05, 3.63) is 151 Å². The number of rotatable bonds is 3. The molecule has 0 bridgehead atoms. The van der Waals surface area contributed by atoms with Gasteiger partial charge in [-0.05, 0) is 99.0 Å². The molecule has 8 aromatic carbocycles. The van der Waals surface area contributed by atoms with Crippen molar-refractivity contribution in [2.45, 2.75) is 52.4 Å². The molecule has 0 aliphatic carbocycles. The number of fused-ring (bicyclic) bond motifs is 15. The summed E-state index contributed by atoms with van der Waals surface area (Å²) in [6, 6.07) is 52.2. The minimum absolute atomic E-state index is 0.0315. The number of aromatic nitrogens is 1. The number of benzene rings is 8. The molecule has 0 fully saturated rings. The van der Waals surface area contributed by atoms with Gasteiger partial charge in [-0.1, -0.05) is 126 Å². The molecule has 6 heteroatoms. The maximum atomic E-state index is 7.20. The molecule has 297 valence electrons. The second kappa shape index (κ2) is 12.6. The molecule has 12 aromatic rings. The molecule has 0 saturated carbocycles. The lowest BCUT2D eigenvalue weighted by molar-refractivity contribution is 0.590. The van der Waals surface area contributed by atoms with Gasteiger partial charge in [0.05, 0.1) is 16.4 Å². The van der Waals surface area contributed by atoms with Gasteiger partial charge in [0.15, 0.2) is 7.28 Å². The second-order valence-electron chi connectivity index (χ2n) is 19.2. The van der Waals surface area contributed by atoms with Gasteiger partial charge in [-0.3, -0.25) is 0 Å². The molecule has 1 aliphatic heterocycles. The van der Waals surface area contributed by atoms with Gasteiger partial charge >= 0.3 is 0 Å². The maximum Gasteiger partial charge on any atom is 0.197 e. The Labute approximate surface area is 368 Å². The third kappa shape index (κ3) is 5.17. The first kappa shape index (κ1) is 36.3. The minimum atomic E-state index is -0.0315. The van der Waals surface area contributed by atoms with E-state index >= 15 is 0 Å². The third-order valence-corrected chi connectivity index (χ3v) is 15.6. The number of nitrogens with one attached hydrogen (secondary N) is 1. The molecule has 13 rings (SSSR count). The van der Waals surface area contributed by atoms with E-state index in [9.17, 15) is 0 Å². The van der Waals surface area contributed by atoms with Crippen LogP contribution >= 0.6 is 22.7 Å². The van der Waals surface area contributed by atoms with Gasteiger partial charge in [0, 0.05) is 73.7 Å². The molecule has 3 nitrogen and oxygen atoms in total. The standard InChI is InChI=1S/C56H42BN2OS2/c1-55(2,3)30-19-22-32(23-20-30)58-41-28-47-36(33-13-8-11-17-45(33)61-47)26-38(41)49-50-35-15-7-10-16-44(35)60-54(50)51-39-25-31(56(4,5)6)21-24-42(39)59-43-29-48-37(27-40(43)57-52(49)53(51)59)34-14-9-12-18-46(34)62-48/h7-29,58H,1-6H3. The minimum Gasteiger partial charge on any atom is -0.455 e. The Hall–Kier alpha value is -6.34. The van der Waals surface area contributed by atoms with E-state index in [2.05, 4.69) is 198 Å². The molecule has 4 aromatic heterocycles. The van der Waals surface area contributed by atoms with Gasteiger partial charge in [-0.15, -0.1) is 22.7 Å². The summed E-state index contributed by atoms with van der Waals surface area (Å²) in [6.45, 7) is 13.7. The van der Waals surface area contributed by atoms with Crippen molar-refractivity contribution >= 4 is 136 Å². The summed E-state index contributed by atoms with van der Waals surface area (Å²) in [5.74, 6) is 0. The fourth-order valence-electron chi connectivity index (χ4n) is 10.2. The van der Waals surface area contributed by atoms with Crippen LogP contribution in [0, 0.1) is 0 Å². The Kier molecular flexibility index (Phi) is 7.40. The summed E-state index contributed by atoms with van der Waals surface area (Å²) in [5.41, 5.74) is 15.0. The van der Waals surface area contributed by atoms with E-state index in [-0.39, 0.29) is 10.8 Å². The molecule has 1 N–H and O–H groups in total. The zero-order chi connectivity index (χ0) is 41.8. The second-order valence-corrected chi connectivity index (χ2v) is 21.4. The molecule has 1 aliphatic rings. The predicted octanol–water partition coefficient (Wildman–Crippen LogP) is 15.4. The Morgan fingerprint density at radius 1 is 0.548 bits per heavy atom. The molecule has 62 heavy (non-hydrogen) atoms. The van der Waals surface area contributed by atoms with E-state index in [1.165, 1.54) is 95.5 Å². The first-order chi connectivity index (χ1) is 30.0. The molecule has 0 saturated heterocycles. The van der Waals surface area contributed by atoms with Crippen molar-refractivity contribution in [3.63, 3.8) is 0 Å². The van der Waals surface area contributed by atoms with Crippen molar-refractivity contribution in [2.24, 2.45) is 0 Å². The van der Waals surface area contributed by atoms with E-state index in [0.29, 0.717) is 0 Å². The first-order valence-electron chi connectivity index (χ1n) is 21.6. The fraction of sp³-hybridized carbons (Fsp3) is 0.143. The smallest absolute Gasteiger partial charge is 0.197 e. The van der Waals surface area contributed by atoms with Crippen LogP contribution in [-0.4, -0.2) is 11.8 Å². The Balaban J connectivity index is 1.21. The summed E-state index contributed by atoms with van der Waals surface area (Å²) >= 11 is 3.74. The van der Waals surface area contributed by atoms with Gasteiger partial charge in [0.25, 0.3) is 0 Å². The largest absolute Gasteiger partial charge is 0.455 e. The summed E-state index contributed by atoms with van der Waals surface area (Å²) in [6.07, 6.45) is 0. The van der Waals surface area contributed by atoms with Gasteiger partial charge in [-0.2, -0.15) is 0 Å². The van der Waals surface area contributed by atoms with Crippen molar-refractivity contribution in [2.75, 3.05) is 5.32 Å². The number of para-hydroxylation sites is 1. The Bertz CT molecular complexity index is 3880. The average Bonchev–Trinajstić information content (AvgIpc) is 4.02. The van der Waals surface area contributed by atoms with E-state index in [0.717, 1.165) is 38.9 Å². The molecule has 0 spiro atoms. The van der Waals surface area contributed by atoms with E-state index in [4.69, 9.17) is 4.42 Å². The first-order valence-corrected chi connectivity index (χ1v) is 23.2. The summed E-state index contributed by atoms with van der Waals surface area (Å²) < 4.78 is 14.9. The highest BCUT2D eigenvalue weighted by Crippen LogP contribution is 2.49. The van der Waals surface area contributed by atoms with Crippen LogP contribution in [0.1, 0.15) is 52.7 Å². The molecule has 5 heterocycles. The van der Waals surface area contributed by atoms with Crippen molar-refractivity contribution in [1.82, 2.24) is 4.57 Å². The summed E-state index contributed by atoms with van der Waals surface area (Å²) in [5, 5.41) is 13.8. The summed E-state index contributed by atoms with van der Waals surface area (Å²) in [4.78, 5) is 0. The number of furan rings is 1. The van der Waals surface area contributed by atoms with Crippen LogP contribution < -0.4 is 16.2 Å². The number of hydrogen-bond acceptors (Lipinski definition) is 4. The number of hydrogen-bond donors (Lipinski definition) is 1. The monoisotopic (exact) mass is 833 g/mol. The van der Waals surface area contributed by atoms with Crippen LogP contribution in [0.2, 0.25) is 0 Å². The van der Waals surface area contributed by atoms with Crippen LogP contribution in [0.5, 0.6) is 0 Å². The fourth-order valence-corrected chi connectivity index (χ4v) is 12.4. The van der Waals surface area contributed by atoms with Crippen molar-refractivity contribution in [3.8, 4) is 16.8 Å². The molecule has 0 unspecified atom stereocenters. The maximum absolute atomic E-state index is 7.20. The van der Waals surface area contributed by atoms with Crippen molar-refractivity contribution in [1.29, 1.82) is 0 Å². The lowest BCUT2D eigenvalue weighted by atomic mass is 9.58. The van der Waals surface area contributed by atoms with E-state index in [1.807, 2.05) is 22.7 Å². The van der Waals surface area contributed by atoms with E-state index < -0.39 is 0 Å². The highest BCUT2D eigenvalue weighted by Gasteiger charge is 2.33. The van der Waals surface area contributed by atoms with Crippen LogP contribution in [0.15, 0.2) is 144 Å². The number of nitrogens with zero attached hydrogens (tertiary/aromatic N) is 1. The molecule has 0 amide bonds. The SMILES string of the molecule is CC(C)(C)c1ccc(Nc2cc3sc4ccccc4c3cc2-c2c3c4c(c5cc(C(C)(C)C)ccc5n4-c4cc5sc6ccccc6c5cc4[B]3)c3oc4ccccc4c23)cc1. The highest BCUT2D eigenvalue weighted by atomic mass is 32.1. The van der Waals surface area contributed by atoms with Gasteiger partial charge in [-0.25, -0.2) is 0 Å². The molecular weight excluding hydrogens is 792 g/mol. The number of anilines is 2. The van der Waals surface area contributed by atoms with Crippen LogP contribution in [0.3, 0.4) is 0 Å². The zero-order valence-electron chi connectivity index (χ0n) is 35.5. The van der Waals surface area contributed by atoms with E-state index in [1.54, 1.807) is 0 Å². The third-order valence-electron chi connectivity index (χ3n) is 13.3. The molecular formula is C56H42BN2OS2. The topological polar surface area (TPSA) is 30.1 Å². The van der Waals surface area contributed by atoms with Crippen LogP contribution in [0.4, 0.5) is 11.4 Å².